The molecule has 2 rings (SSSR count). The van der Waals surface area contributed by atoms with E-state index in [1.165, 1.54) is 17.8 Å². The number of benzene rings is 1. The van der Waals surface area contributed by atoms with Gasteiger partial charge in [0, 0.05) is 16.8 Å². The topological polar surface area (TPSA) is 77.8 Å². The molecule has 1 aromatic carbocycles. The molecule has 1 heterocycles. The fourth-order valence-corrected chi connectivity index (χ4v) is 2.44. The van der Waals surface area contributed by atoms with Crippen molar-refractivity contribution in [2.24, 2.45) is 0 Å². The van der Waals surface area contributed by atoms with Crippen molar-refractivity contribution in [2.75, 3.05) is 11.5 Å². The molecule has 0 unspecified atom stereocenters. The Balaban J connectivity index is 2.10. The second-order valence-corrected chi connectivity index (χ2v) is 4.73. The van der Waals surface area contributed by atoms with Crippen LogP contribution < -0.4 is 11.5 Å². The molecule has 6 heteroatoms. The maximum atomic E-state index is 6.05. The Hall–Kier alpha value is -1.46. The summed E-state index contributed by atoms with van der Waals surface area (Å²) in [5, 5.41) is 1.29. The van der Waals surface area contributed by atoms with E-state index in [0.29, 0.717) is 22.5 Å². The third-order valence-corrected chi connectivity index (χ3v) is 3.32. The summed E-state index contributed by atoms with van der Waals surface area (Å²) in [6.07, 6.45) is 0. The number of hydrogen-bond acceptors (Lipinski definition) is 5. The molecule has 0 aliphatic rings. The smallest absolute Gasteiger partial charge is 0.191 e. The minimum Gasteiger partial charge on any atom is -0.383 e. The molecular formula is C11H11ClN4S. The van der Waals surface area contributed by atoms with Crippen molar-refractivity contribution in [1.29, 1.82) is 0 Å². The van der Waals surface area contributed by atoms with E-state index >= 15 is 0 Å². The average molecular weight is 267 g/mol. The molecule has 0 bridgehead atoms. The number of rotatable bonds is 3. The van der Waals surface area contributed by atoms with E-state index in [4.69, 9.17) is 23.1 Å². The van der Waals surface area contributed by atoms with Crippen LogP contribution in [0, 0.1) is 0 Å². The van der Waals surface area contributed by atoms with E-state index in [9.17, 15) is 0 Å². The van der Waals surface area contributed by atoms with Crippen molar-refractivity contribution in [3.05, 3.63) is 40.9 Å². The number of thioether (sulfide) groups is 1. The molecule has 2 aromatic rings. The number of aromatic nitrogens is 2. The van der Waals surface area contributed by atoms with Crippen molar-refractivity contribution in [1.82, 2.24) is 9.97 Å². The average Bonchev–Trinajstić information content (AvgIpc) is 2.27. The summed E-state index contributed by atoms with van der Waals surface area (Å²) in [6, 6.07) is 9.18. The number of nitrogens with zero attached hydrogens (tertiary/aromatic N) is 2. The van der Waals surface area contributed by atoms with E-state index < -0.39 is 0 Å². The van der Waals surface area contributed by atoms with Crippen LogP contribution in [0.1, 0.15) is 5.56 Å². The Morgan fingerprint density at radius 2 is 1.76 bits per heavy atom. The highest BCUT2D eigenvalue weighted by atomic mass is 35.5. The van der Waals surface area contributed by atoms with E-state index in [-0.39, 0.29) is 0 Å². The fraction of sp³-hybridized carbons (Fsp3) is 0.0909. The highest BCUT2D eigenvalue weighted by molar-refractivity contribution is 7.98. The monoisotopic (exact) mass is 266 g/mol. The first-order valence-corrected chi connectivity index (χ1v) is 6.28. The van der Waals surface area contributed by atoms with Crippen LogP contribution in [0.25, 0.3) is 0 Å². The molecule has 4 nitrogen and oxygen atoms in total. The van der Waals surface area contributed by atoms with Gasteiger partial charge in [0.2, 0.25) is 0 Å². The molecule has 0 radical (unpaired) electrons. The standard InChI is InChI=1S/C11H11ClN4S/c12-8-4-2-1-3-7(8)6-17-11-15-9(13)5-10(14)16-11/h1-5H,6H2,(H4,13,14,15,16). The fourth-order valence-electron chi connectivity index (χ4n) is 1.28. The van der Waals surface area contributed by atoms with Crippen molar-refractivity contribution in [3.8, 4) is 0 Å². The molecule has 0 amide bonds. The molecular weight excluding hydrogens is 256 g/mol. The van der Waals surface area contributed by atoms with Gasteiger partial charge in [-0.3, -0.25) is 0 Å². The van der Waals surface area contributed by atoms with Gasteiger partial charge in [-0.25, -0.2) is 9.97 Å². The van der Waals surface area contributed by atoms with Gasteiger partial charge in [-0.15, -0.1) is 0 Å². The zero-order valence-electron chi connectivity index (χ0n) is 8.93. The summed E-state index contributed by atoms with van der Waals surface area (Å²) in [5.41, 5.74) is 12.2. The van der Waals surface area contributed by atoms with Gasteiger partial charge in [-0.2, -0.15) is 0 Å². The van der Waals surface area contributed by atoms with Gasteiger partial charge in [0.05, 0.1) is 0 Å². The molecule has 0 spiro atoms. The van der Waals surface area contributed by atoms with Crippen molar-refractivity contribution in [2.45, 2.75) is 10.9 Å². The molecule has 0 atom stereocenters. The van der Waals surface area contributed by atoms with Gasteiger partial charge >= 0.3 is 0 Å². The first kappa shape index (κ1) is 12.0. The highest BCUT2D eigenvalue weighted by Crippen LogP contribution is 2.25. The molecule has 0 saturated carbocycles. The second kappa shape index (κ2) is 5.25. The predicted molar refractivity (Wildman–Crippen MR) is 71.9 cm³/mol. The van der Waals surface area contributed by atoms with Gasteiger partial charge in [-0.05, 0) is 11.6 Å². The summed E-state index contributed by atoms with van der Waals surface area (Å²) in [6.45, 7) is 0. The van der Waals surface area contributed by atoms with Crippen LogP contribution in [0.4, 0.5) is 11.6 Å². The number of nitrogen functional groups attached to an aromatic ring is 2. The Kier molecular flexibility index (Phi) is 3.71. The van der Waals surface area contributed by atoms with Gasteiger partial charge in [0.25, 0.3) is 0 Å². The van der Waals surface area contributed by atoms with Crippen LogP contribution in [-0.4, -0.2) is 9.97 Å². The largest absolute Gasteiger partial charge is 0.383 e. The second-order valence-electron chi connectivity index (χ2n) is 3.38. The summed E-state index contributed by atoms with van der Waals surface area (Å²) in [5.74, 6) is 1.43. The number of hydrogen-bond donors (Lipinski definition) is 2. The summed E-state index contributed by atoms with van der Waals surface area (Å²) in [4.78, 5) is 8.17. The lowest BCUT2D eigenvalue weighted by Crippen LogP contribution is -1.99. The molecule has 0 aliphatic carbocycles. The summed E-state index contributed by atoms with van der Waals surface area (Å²) >= 11 is 7.50. The number of nitrogens with two attached hydrogens (primary N) is 2. The van der Waals surface area contributed by atoms with Gasteiger partial charge in [0.1, 0.15) is 11.6 Å². The van der Waals surface area contributed by atoms with Gasteiger partial charge < -0.3 is 11.5 Å². The predicted octanol–water partition coefficient (Wildman–Crippen LogP) is 2.59. The van der Waals surface area contributed by atoms with E-state index in [0.717, 1.165) is 10.6 Å². The Morgan fingerprint density at radius 3 is 2.41 bits per heavy atom. The lowest BCUT2D eigenvalue weighted by molar-refractivity contribution is 0.984. The van der Waals surface area contributed by atoms with E-state index in [1.54, 1.807) is 0 Å². The SMILES string of the molecule is Nc1cc(N)nc(SCc2ccccc2Cl)n1. The molecule has 88 valence electrons. The molecule has 17 heavy (non-hydrogen) atoms. The number of halogens is 1. The minimum absolute atomic E-state index is 0.374. The van der Waals surface area contributed by atoms with Crippen LogP contribution in [0.5, 0.6) is 0 Å². The summed E-state index contributed by atoms with van der Waals surface area (Å²) < 4.78 is 0. The zero-order chi connectivity index (χ0) is 12.3. The summed E-state index contributed by atoms with van der Waals surface area (Å²) in [7, 11) is 0. The van der Waals surface area contributed by atoms with Crippen LogP contribution in [0.2, 0.25) is 5.02 Å². The Bertz CT molecular complexity index is 512. The lowest BCUT2D eigenvalue weighted by Gasteiger charge is -2.04. The Morgan fingerprint density at radius 1 is 1.12 bits per heavy atom. The molecule has 1 aromatic heterocycles. The molecule has 4 N–H and O–H groups in total. The van der Waals surface area contributed by atoms with Crippen LogP contribution in [-0.2, 0) is 5.75 Å². The molecule has 0 saturated heterocycles. The quantitative estimate of drug-likeness (QED) is 0.659. The van der Waals surface area contributed by atoms with E-state index in [2.05, 4.69) is 9.97 Å². The molecule has 0 fully saturated rings. The van der Waals surface area contributed by atoms with Gasteiger partial charge in [0.15, 0.2) is 5.16 Å². The van der Waals surface area contributed by atoms with Crippen LogP contribution >= 0.6 is 23.4 Å². The lowest BCUT2D eigenvalue weighted by atomic mass is 10.2. The third-order valence-electron chi connectivity index (χ3n) is 2.06. The maximum Gasteiger partial charge on any atom is 0.191 e. The number of anilines is 2. The molecule has 0 aliphatic heterocycles. The zero-order valence-corrected chi connectivity index (χ0v) is 10.5. The first-order chi connectivity index (χ1) is 8.15. The van der Waals surface area contributed by atoms with Crippen LogP contribution in [0.15, 0.2) is 35.5 Å². The third kappa shape index (κ3) is 3.25. The van der Waals surface area contributed by atoms with Crippen molar-refractivity contribution >= 4 is 35.0 Å². The minimum atomic E-state index is 0.374. The maximum absolute atomic E-state index is 6.05. The Labute approximate surface area is 108 Å². The van der Waals surface area contributed by atoms with Gasteiger partial charge in [-0.1, -0.05) is 41.6 Å². The normalized spacial score (nSPS) is 10.4. The first-order valence-electron chi connectivity index (χ1n) is 4.91. The van der Waals surface area contributed by atoms with Crippen molar-refractivity contribution < 1.29 is 0 Å². The van der Waals surface area contributed by atoms with Crippen LogP contribution in [0.3, 0.4) is 0 Å². The highest BCUT2D eigenvalue weighted by Gasteiger charge is 2.04. The van der Waals surface area contributed by atoms with Crippen molar-refractivity contribution in [3.63, 3.8) is 0 Å². The van der Waals surface area contributed by atoms with E-state index in [1.807, 2.05) is 24.3 Å².